The van der Waals surface area contributed by atoms with Crippen molar-refractivity contribution in [3.05, 3.63) is 0 Å². The third kappa shape index (κ3) is 6.40. The molecule has 0 aromatic carbocycles. The van der Waals surface area contributed by atoms with E-state index in [0.29, 0.717) is 38.7 Å². The maximum Gasteiger partial charge on any atom is 0.337 e. The Labute approximate surface area is 155 Å². The summed E-state index contributed by atoms with van der Waals surface area (Å²) in [6.45, 7) is 4.37. The highest BCUT2D eigenvalue weighted by Gasteiger charge is 2.48. The monoisotopic (exact) mass is 400 g/mol. The van der Waals surface area contributed by atoms with E-state index in [2.05, 4.69) is 0 Å². The van der Waals surface area contributed by atoms with E-state index in [-0.39, 0.29) is 19.0 Å². The summed E-state index contributed by atoms with van der Waals surface area (Å²) in [6.07, 6.45) is 2.16. The van der Waals surface area contributed by atoms with E-state index in [1.165, 1.54) is 0 Å². The number of ether oxygens (including phenoxy) is 2. The van der Waals surface area contributed by atoms with E-state index < -0.39 is 44.4 Å². The summed E-state index contributed by atoms with van der Waals surface area (Å²) in [6, 6.07) is 0. The first-order valence-electron chi connectivity index (χ1n) is 8.26. The van der Waals surface area contributed by atoms with Crippen molar-refractivity contribution in [3.63, 3.8) is 0 Å². The molecular weight excluding hydrogens is 372 g/mol. The molecular formula is C15H29ClN2O6S. The molecule has 10 heteroatoms. The number of carbonyl (C=O) groups is 2. The lowest BCUT2D eigenvalue weighted by Gasteiger charge is -2.27. The van der Waals surface area contributed by atoms with Gasteiger partial charge in [-0.3, -0.25) is 4.79 Å². The minimum Gasteiger partial charge on any atom is -0.458 e. The van der Waals surface area contributed by atoms with Crippen molar-refractivity contribution in [2.75, 3.05) is 19.0 Å². The summed E-state index contributed by atoms with van der Waals surface area (Å²) in [5.41, 5.74) is 8.66. The Morgan fingerprint density at radius 3 is 2.24 bits per heavy atom. The second-order valence-electron chi connectivity index (χ2n) is 6.23. The molecule has 8 nitrogen and oxygen atoms in total. The third-order valence-electron chi connectivity index (χ3n) is 4.12. The molecule has 1 fully saturated rings. The zero-order chi connectivity index (χ0) is 18.4. The van der Waals surface area contributed by atoms with Gasteiger partial charge < -0.3 is 20.9 Å². The van der Waals surface area contributed by atoms with Crippen LogP contribution < -0.4 is 11.5 Å². The van der Waals surface area contributed by atoms with Crippen molar-refractivity contribution >= 4 is 34.1 Å². The van der Waals surface area contributed by atoms with Crippen LogP contribution in [0.5, 0.6) is 0 Å². The third-order valence-corrected chi connectivity index (χ3v) is 6.47. The second kappa shape index (κ2) is 10.3. The summed E-state index contributed by atoms with van der Waals surface area (Å²) in [4.78, 5) is 24.1. The van der Waals surface area contributed by atoms with E-state index in [0.717, 1.165) is 0 Å². The molecule has 1 aliphatic heterocycles. The van der Waals surface area contributed by atoms with Crippen LogP contribution in [0.3, 0.4) is 0 Å². The maximum absolute atomic E-state index is 12.7. The molecule has 0 spiro atoms. The van der Waals surface area contributed by atoms with Crippen LogP contribution in [-0.2, 0) is 28.9 Å². The lowest BCUT2D eigenvalue weighted by Crippen LogP contribution is -2.64. The largest absolute Gasteiger partial charge is 0.458 e. The summed E-state index contributed by atoms with van der Waals surface area (Å²) in [5, 5.41) is -0.655. The maximum atomic E-state index is 12.7. The molecule has 148 valence electrons. The second-order valence-corrected chi connectivity index (χ2v) is 8.51. The predicted octanol–water partition coefficient (Wildman–Crippen LogP) is 0.307. The Morgan fingerprint density at radius 2 is 1.84 bits per heavy atom. The Morgan fingerprint density at radius 1 is 1.28 bits per heavy atom. The smallest absolute Gasteiger partial charge is 0.337 e. The molecule has 0 aromatic heterocycles. The molecule has 1 amide bonds. The van der Waals surface area contributed by atoms with E-state index in [4.69, 9.17) is 20.9 Å². The van der Waals surface area contributed by atoms with Crippen molar-refractivity contribution < 1.29 is 27.5 Å². The first-order chi connectivity index (χ1) is 11.2. The number of carbonyl (C=O) groups excluding carboxylic acids is 2. The van der Waals surface area contributed by atoms with Gasteiger partial charge in [0.15, 0.2) is 9.84 Å². The van der Waals surface area contributed by atoms with Gasteiger partial charge in [0.1, 0.15) is 6.10 Å². The normalized spacial score (nSPS) is 19.9. The Bertz CT molecular complexity index is 544. The molecule has 0 aliphatic carbocycles. The average molecular weight is 401 g/mol. The van der Waals surface area contributed by atoms with Gasteiger partial charge in [0.05, 0.1) is 24.2 Å². The topological polar surface area (TPSA) is 139 Å². The summed E-state index contributed by atoms with van der Waals surface area (Å²) < 4.78 is 35.5. The van der Waals surface area contributed by atoms with Crippen LogP contribution >= 0.6 is 12.4 Å². The zero-order valence-electron chi connectivity index (χ0n) is 14.7. The van der Waals surface area contributed by atoms with Crippen molar-refractivity contribution in [1.29, 1.82) is 0 Å². The van der Waals surface area contributed by atoms with Crippen LogP contribution in [0.4, 0.5) is 0 Å². The number of nitrogens with two attached hydrogens (primary N) is 2. The highest BCUT2D eigenvalue weighted by molar-refractivity contribution is 7.92. The van der Waals surface area contributed by atoms with Crippen molar-refractivity contribution in [2.24, 2.45) is 11.5 Å². The standard InChI is InChI=1S/C15H28N2O6S.ClH/c1-3-5-12(6-4-2)24(20,21)10-15(17,13(16)18)14(19)23-11-7-8-22-9-11;/h11-12H,3-10,17H2,1-2H3,(H2,16,18);1H/t11-,15-;/m0./s1. The quantitative estimate of drug-likeness (QED) is 0.397. The molecule has 1 heterocycles. The number of halogens is 1. The van der Waals surface area contributed by atoms with Gasteiger partial charge in [-0.25, -0.2) is 13.2 Å². The molecule has 0 radical (unpaired) electrons. The first-order valence-corrected chi connectivity index (χ1v) is 9.98. The van der Waals surface area contributed by atoms with Gasteiger partial charge in [-0.05, 0) is 12.8 Å². The van der Waals surface area contributed by atoms with Gasteiger partial charge in [-0.2, -0.15) is 0 Å². The number of rotatable bonds is 10. The average Bonchev–Trinajstić information content (AvgIpc) is 2.99. The highest BCUT2D eigenvalue weighted by atomic mass is 35.5. The summed E-state index contributed by atoms with van der Waals surface area (Å²) in [7, 11) is -3.79. The number of sulfone groups is 1. The van der Waals surface area contributed by atoms with Crippen molar-refractivity contribution in [2.45, 2.75) is 62.8 Å². The Kier molecular flexibility index (Phi) is 9.93. The molecule has 25 heavy (non-hydrogen) atoms. The van der Waals surface area contributed by atoms with Gasteiger partial charge in [0, 0.05) is 6.42 Å². The molecule has 0 saturated carbocycles. The molecule has 0 bridgehead atoms. The fourth-order valence-corrected chi connectivity index (χ4v) is 5.00. The zero-order valence-corrected chi connectivity index (χ0v) is 16.4. The van der Waals surface area contributed by atoms with Crippen LogP contribution in [0.2, 0.25) is 0 Å². The van der Waals surface area contributed by atoms with Gasteiger partial charge in [0.25, 0.3) is 0 Å². The van der Waals surface area contributed by atoms with Gasteiger partial charge >= 0.3 is 5.97 Å². The van der Waals surface area contributed by atoms with Crippen LogP contribution in [0.15, 0.2) is 0 Å². The molecule has 1 rings (SSSR count). The molecule has 4 N–H and O–H groups in total. The lowest BCUT2D eigenvalue weighted by atomic mass is 10.0. The first kappa shape index (κ1) is 24.1. The van der Waals surface area contributed by atoms with E-state index in [9.17, 15) is 18.0 Å². The molecule has 1 aliphatic rings. The van der Waals surface area contributed by atoms with E-state index >= 15 is 0 Å². The van der Waals surface area contributed by atoms with Crippen molar-refractivity contribution in [1.82, 2.24) is 0 Å². The summed E-state index contributed by atoms with van der Waals surface area (Å²) in [5.74, 6) is -3.16. The predicted molar refractivity (Wildman–Crippen MR) is 96.1 cm³/mol. The fraction of sp³-hybridized carbons (Fsp3) is 0.867. The Balaban J connectivity index is 0.00000576. The number of amides is 1. The van der Waals surface area contributed by atoms with Gasteiger partial charge in [-0.15, -0.1) is 12.4 Å². The highest BCUT2D eigenvalue weighted by Crippen LogP contribution is 2.21. The summed E-state index contributed by atoms with van der Waals surface area (Å²) >= 11 is 0. The number of esters is 1. The van der Waals surface area contributed by atoms with E-state index in [1.54, 1.807) is 0 Å². The van der Waals surface area contributed by atoms with Gasteiger partial charge in [0.2, 0.25) is 11.4 Å². The lowest BCUT2D eigenvalue weighted by molar-refractivity contribution is -0.157. The van der Waals surface area contributed by atoms with Gasteiger partial charge in [-0.1, -0.05) is 26.7 Å². The number of hydrogen-bond donors (Lipinski definition) is 2. The van der Waals surface area contributed by atoms with Crippen LogP contribution in [-0.4, -0.2) is 56.2 Å². The fourth-order valence-electron chi connectivity index (χ4n) is 2.68. The molecule has 1 saturated heterocycles. The van der Waals surface area contributed by atoms with Crippen molar-refractivity contribution in [3.8, 4) is 0 Å². The van der Waals surface area contributed by atoms with Crippen LogP contribution in [0.1, 0.15) is 46.0 Å². The SMILES string of the molecule is CCCC(CCC)S(=O)(=O)C[C@](N)(C(N)=O)C(=O)O[C@H]1CCOC1.Cl. The molecule has 2 atom stereocenters. The van der Waals surface area contributed by atoms with E-state index in [1.807, 2.05) is 13.8 Å². The Hall–Kier alpha value is -0.900. The molecule has 0 aromatic rings. The number of primary amides is 1. The van der Waals surface area contributed by atoms with Crippen LogP contribution in [0.25, 0.3) is 0 Å². The number of hydrogen-bond acceptors (Lipinski definition) is 7. The minimum absolute atomic E-state index is 0. The minimum atomic E-state index is -3.79. The van der Waals surface area contributed by atoms with Crippen LogP contribution in [0, 0.1) is 0 Å². The molecule has 0 unspecified atom stereocenters.